The highest BCUT2D eigenvalue weighted by molar-refractivity contribution is 6.74. The predicted octanol–water partition coefficient (Wildman–Crippen LogP) is 3.47. The molecule has 0 N–H and O–H groups in total. The zero-order valence-electron chi connectivity index (χ0n) is 15.1. The fraction of sp³-hybridized carbons (Fsp3) is 0.588. The van der Waals surface area contributed by atoms with Crippen LogP contribution >= 0.6 is 0 Å². The van der Waals surface area contributed by atoms with Crippen molar-refractivity contribution in [2.75, 3.05) is 25.1 Å². The predicted molar refractivity (Wildman–Crippen MR) is 100 cm³/mol. The first kappa shape index (κ1) is 18.1. The van der Waals surface area contributed by atoms with Crippen LogP contribution in [0.2, 0.25) is 18.1 Å². The molecule has 0 aliphatic rings. The van der Waals surface area contributed by atoms with Crippen LogP contribution in [0.3, 0.4) is 0 Å². The van der Waals surface area contributed by atoms with Gasteiger partial charge >= 0.3 is 0 Å². The van der Waals surface area contributed by atoms with Gasteiger partial charge in [-0.1, -0.05) is 20.8 Å². The van der Waals surface area contributed by atoms with Crippen molar-refractivity contribution in [2.24, 2.45) is 0 Å². The van der Waals surface area contributed by atoms with E-state index in [0.717, 1.165) is 36.4 Å². The fourth-order valence-electron chi connectivity index (χ4n) is 2.22. The molecule has 0 bridgehead atoms. The lowest BCUT2D eigenvalue weighted by molar-refractivity contribution is 0.284. The Kier molecular flexibility index (Phi) is 5.26. The van der Waals surface area contributed by atoms with E-state index >= 15 is 0 Å². The largest absolute Gasteiger partial charge is 0.473 e. The van der Waals surface area contributed by atoms with Crippen molar-refractivity contribution >= 4 is 38.6 Å². The lowest BCUT2D eigenvalue weighted by atomic mass is 10.1. The van der Waals surface area contributed by atoms with Crippen molar-refractivity contribution in [3.63, 3.8) is 0 Å². The zero-order chi connectivity index (χ0) is 17.3. The van der Waals surface area contributed by atoms with Crippen LogP contribution in [0.25, 0.3) is 11.0 Å². The summed E-state index contributed by atoms with van der Waals surface area (Å²) in [7, 11) is 6.12. The van der Waals surface area contributed by atoms with Gasteiger partial charge in [0.25, 0.3) is 0 Å². The summed E-state index contributed by atoms with van der Waals surface area (Å²) in [6, 6.07) is 3.67. The van der Waals surface area contributed by atoms with E-state index < -0.39 is 8.32 Å². The number of nitrogens with zero attached hydrogens (tertiary/aromatic N) is 2. The van der Waals surface area contributed by atoms with Gasteiger partial charge in [0.1, 0.15) is 11.4 Å². The van der Waals surface area contributed by atoms with Crippen LogP contribution in [0, 0.1) is 0 Å². The average Bonchev–Trinajstić information content (AvgIpc) is 2.82. The third-order valence-corrected chi connectivity index (χ3v) is 9.25. The van der Waals surface area contributed by atoms with E-state index in [9.17, 15) is 0 Å². The Morgan fingerprint density at radius 3 is 2.70 bits per heavy atom. The monoisotopic (exact) mass is 330 g/mol. The second-order valence-corrected chi connectivity index (χ2v) is 12.4. The van der Waals surface area contributed by atoms with E-state index in [0.29, 0.717) is 5.66 Å². The molecule has 0 atom stereocenters. The molecule has 4 nitrogen and oxygen atoms in total. The maximum absolute atomic E-state index is 6.23. The van der Waals surface area contributed by atoms with Gasteiger partial charge in [-0.05, 0) is 36.7 Å². The highest BCUT2D eigenvalue weighted by Gasteiger charge is 2.36. The van der Waals surface area contributed by atoms with Gasteiger partial charge in [0.2, 0.25) is 0 Å². The van der Waals surface area contributed by atoms with Crippen LogP contribution in [-0.2, 0) is 4.43 Å². The molecule has 0 saturated heterocycles. The number of hydrogen-bond donors (Lipinski definition) is 0. The summed E-state index contributed by atoms with van der Waals surface area (Å²) in [6.07, 6.45) is 2.72. The average molecular weight is 330 g/mol. The van der Waals surface area contributed by atoms with Gasteiger partial charge in [0.05, 0.1) is 5.39 Å². The molecule has 0 spiro atoms. The number of hydrogen-bond acceptors (Lipinski definition) is 4. The smallest absolute Gasteiger partial charge is 0.191 e. The van der Waals surface area contributed by atoms with Gasteiger partial charge in [0, 0.05) is 32.1 Å². The zero-order valence-corrected chi connectivity index (χ0v) is 16.1. The quantitative estimate of drug-likeness (QED) is 0.600. The van der Waals surface area contributed by atoms with Crippen molar-refractivity contribution in [1.82, 2.24) is 4.98 Å². The summed E-state index contributed by atoms with van der Waals surface area (Å²) in [4.78, 5) is 6.60. The molecule has 2 aromatic heterocycles. The Morgan fingerprint density at radius 2 is 2.04 bits per heavy atom. The molecule has 0 unspecified atom stereocenters. The summed E-state index contributed by atoms with van der Waals surface area (Å²) in [6.45, 7) is 13.0. The van der Waals surface area contributed by atoms with Crippen LogP contribution in [0.4, 0.5) is 5.82 Å². The van der Waals surface area contributed by atoms with Crippen LogP contribution in [0.1, 0.15) is 27.2 Å². The Labute approximate surface area is 141 Å². The first-order valence-corrected chi connectivity index (χ1v) is 11.0. The summed E-state index contributed by atoms with van der Waals surface area (Å²) < 4.78 is 11.7. The van der Waals surface area contributed by atoms with Crippen molar-refractivity contribution in [3.05, 3.63) is 18.3 Å². The number of furan rings is 1. The highest BCUT2D eigenvalue weighted by atomic mass is 28.4. The van der Waals surface area contributed by atoms with Crippen LogP contribution < -0.4 is 10.6 Å². The summed E-state index contributed by atoms with van der Waals surface area (Å²) in [5, 5.41) is 1.21. The Balaban J connectivity index is 1.93. The van der Waals surface area contributed by atoms with E-state index in [2.05, 4.69) is 43.7 Å². The van der Waals surface area contributed by atoms with E-state index in [1.165, 1.54) is 0 Å². The minimum Gasteiger partial charge on any atom is -0.473 e. The van der Waals surface area contributed by atoms with Gasteiger partial charge in [-0.2, -0.15) is 0 Å². The molecule has 2 rings (SSSR count). The molecule has 0 aliphatic heterocycles. The van der Waals surface area contributed by atoms with Crippen LogP contribution in [-0.4, -0.2) is 41.3 Å². The van der Waals surface area contributed by atoms with E-state index in [1.54, 1.807) is 6.20 Å². The van der Waals surface area contributed by atoms with E-state index in [4.69, 9.17) is 16.7 Å². The van der Waals surface area contributed by atoms with Crippen LogP contribution in [0.5, 0.6) is 0 Å². The maximum atomic E-state index is 6.23. The van der Waals surface area contributed by atoms with Crippen molar-refractivity contribution in [2.45, 2.75) is 45.3 Å². The summed E-state index contributed by atoms with van der Waals surface area (Å²) in [5.41, 5.74) is 1.20. The van der Waals surface area contributed by atoms with Crippen LogP contribution in [0.15, 0.2) is 22.7 Å². The highest BCUT2D eigenvalue weighted by Crippen LogP contribution is 2.36. The summed E-state index contributed by atoms with van der Waals surface area (Å²) in [5.74, 6) is 0.898. The molecule has 6 heteroatoms. The number of pyridine rings is 1. The number of rotatable bonds is 6. The minimum atomic E-state index is -1.66. The topological polar surface area (TPSA) is 38.5 Å². The molecule has 2 aromatic rings. The van der Waals surface area contributed by atoms with Crippen molar-refractivity contribution in [3.8, 4) is 0 Å². The molecule has 23 heavy (non-hydrogen) atoms. The molecule has 0 aliphatic carbocycles. The number of fused-ring (bicyclic) bond motifs is 1. The molecular weight excluding hydrogens is 303 g/mol. The Bertz CT molecular complexity index is 664. The lowest BCUT2D eigenvalue weighted by Crippen LogP contribution is -2.41. The second kappa shape index (κ2) is 6.69. The van der Waals surface area contributed by atoms with Crippen molar-refractivity contribution < 1.29 is 8.84 Å². The Morgan fingerprint density at radius 1 is 1.35 bits per heavy atom. The third-order valence-electron chi connectivity index (χ3n) is 4.71. The molecule has 0 aromatic carbocycles. The fourth-order valence-corrected chi connectivity index (χ4v) is 3.31. The molecule has 2 heterocycles. The number of anilines is 1. The Hall–Kier alpha value is -1.27. The minimum absolute atomic E-state index is 0.250. The molecule has 2 radical (unpaired) electrons. The van der Waals surface area contributed by atoms with Crippen molar-refractivity contribution in [1.29, 1.82) is 0 Å². The SMILES string of the molecule is [B]c1cc2c(N(C)CCCO[Si](C)(C)C(C)(C)C)nccc2o1. The third kappa shape index (κ3) is 4.18. The first-order valence-electron chi connectivity index (χ1n) is 8.11. The summed E-state index contributed by atoms with van der Waals surface area (Å²) >= 11 is 0. The van der Waals surface area contributed by atoms with Gasteiger partial charge in [0.15, 0.2) is 16.2 Å². The normalized spacial score (nSPS) is 12.8. The molecule has 0 saturated carbocycles. The maximum Gasteiger partial charge on any atom is 0.191 e. The standard InChI is InChI=1S/C17H27BN2O2Si/c1-17(2,3)23(5,6)21-11-7-10-20(4)16-13-12-15(18)22-14(13)8-9-19-16/h8-9,12H,7,10-11H2,1-6H3. The first-order chi connectivity index (χ1) is 10.6. The molecular formula is C17H27BN2O2Si. The van der Waals surface area contributed by atoms with Gasteiger partial charge < -0.3 is 13.7 Å². The second-order valence-electron chi connectivity index (χ2n) is 7.58. The van der Waals surface area contributed by atoms with Gasteiger partial charge in [-0.15, -0.1) is 0 Å². The molecule has 0 amide bonds. The van der Waals surface area contributed by atoms with E-state index in [1.807, 2.05) is 19.2 Å². The lowest BCUT2D eigenvalue weighted by Gasteiger charge is -2.36. The molecule has 0 fully saturated rings. The van der Waals surface area contributed by atoms with Gasteiger partial charge in [-0.25, -0.2) is 4.98 Å². The molecule has 124 valence electrons. The number of aromatic nitrogens is 1. The van der Waals surface area contributed by atoms with Gasteiger partial charge in [-0.3, -0.25) is 0 Å². The van der Waals surface area contributed by atoms with E-state index in [-0.39, 0.29) is 5.04 Å².